The van der Waals surface area contributed by atoms with Gasteiger partial charge in [-0.1, -0.05) is 12.1 Å². The molecule has 0 unspecified atom stereocenters. The van der Waals surface area contributed by atoms with Crippen LogP contribution < -0.4 is 10.1 Å². The first kappa shape index (κ1) is 18.0. The Balaban J connectivity index is 1.71. The maximum absolute atomic E-state index is 13.6. The minimum atomic E-state index is 0.0900. The molecule has 144 valence electrons. The van der Waals surface area contributed by atoms with Gasteiger partial charge >= 0.3 is 0 Å². The highest BCUT2D eigenvalue weighted by atomic mass is 16.5. The standard InChI is InChI=1S/C21H28N4O2/c1-5-25-14(3)19(13(2)23-25)21(26)24-12-16-10-22-11-18(16)20(24)15-6-8-17(27-4)9-7-15/h6-9,16,18,20,22H,5,10-12H2,1-4H3/t16-,18-,20+/m0/s1. The molecule has 6 heteroatoms. The average Bonchev–Trinajstić information content (AvgIpc) is 3.34. The Morgan fingerprint density at radius 2 is 2.00 bits per heavy atom. The van der Waals surface area contributed by atoms with Gasteiger partial charge in [0.1, 0.15) is 5.75 Å². The molecule has 1 amide bonds. The van der Waals surface area contributed by atoms with Crippen LogP contribution in [0.3, 0.4) is 0 Å². The van der Waals surface area contributed by atoms with Gasteiger partial charge in [0, 0.05) is 37.8 Å². The number of hydrogen-bond donors (Lipinski definition) is 1. The summed E-state index contributed by atoms with van der Waals surface area (Å²) < 4.78 is 7.22. The summed E-state index contributed by atoms with van der Waals surface area (Å²) in [6.07, 6.45) is 0. The molecule has 1 aromatic heterocycles. The largest absolute Gasteiger partial charge is 0.497 e. The Morgan fingerprint density at radius 3 is 2.63 bits per heavy atom. The fourth-order valence-electron chi connectivity index (χ4n) is 4.82. The summed E-state index contributed by atoms with van der Waals surface area (Å²) >= 11 is 0. The minimum Gasteiger partial charge on any atom is -0.497 e. The van der Waals surface area contributed by atoms with E-state index in [9.17, 15) is 4.79 Å². The van der Waals surface area contributed by atoms with E-state index in [0.29, 0.717) is 11.8 Å². The third-order valence-electron chi connectivity index (χ3n) is 6.18. The molecule has 0 saturated carbocycles. The van der Waals surface area contributed by atoms with Crippen molar-refractivity contribution < 1.29 is 9.53 Å². The first-order valence-corrected chi connectivity index (χ1v) is 9.74. The highest BCUT2D eigenvalue weighted by molar-refractivity contribution is 5.97. The first-order valence-electron chi connectivity index (χ1n) is 9.74. The SMILES string of the molecule is CCn1nc(C)c(C(=O)N2C[C@@H]3CNC[C@@H]3[C@H]2c2ccc(OC)cc2)c1C. The van der Waals surface area contributed by atoms with Gasteiger partial charge in [-0.2, -0.15) is 5.10 Å². The minimum absolute atomic E-state index is 0.0900. The van der Waals surface area contributed by atoms with Gasteiger partial charge in [0.05, 0.1) is 24.4 Å². The summed E-state index contributed by atoms with van der Waals surface area (Å²) in [6, 6.07) is 8.25. The number of fused-ring (bicyclic) bond motifs is 1. The number of carbonyl (C=O) groups excluding carboxylic acids is 1. The van der Waals surface area contributed by atoms with Crippen LogP contribution >= 0.6 is 0 Å². The number of aryl methyl sites for hydroxylation is 2. The second-order valence-electron chi connectivity index (χ2n) is 7.62. The topological polar surface area (TPSA) is 59.4 Å². The lowest BCUT2D eigenvalue weighted by atomic mass is 9.89. The van der Waals surface area contributed by atoms with Gasteiger partial charge in [0.2, 0.25) is 0 Å². The number of methoxy groups -OCH3 is 1. The number of carbonyl (C=O) groups is 1. The van der Waals surface area contributed by atoms with E-state index in [1.807, 2.05) is 30.7 Å². The predicted molar refractivity (Wildman–Crippen MR) is 104 cm³/mol. The van der Waals surface area contributed by atoms with Gasteiger partial charge in [0.15, 0.2) is 0 Å². The van der Waals surface area contributed by atoms with Gasteiger partial charge in [0.25, 0.3) is 5.91 Å². The molecule has 0 radical (unpaired) electrons. The van der Waals surface area contributed by atoms with Crippen LogP contribution in [0.1, 0.15) is 40.3 Å². The van der Waals surface area contributed by atoms with Crippen LogP contribution in [0.4, 0.5) is 0 Å². The lowest BCUT2D eigenvalue weighted by molar-refractivity contribution is 0.0712. The molecule has 2 aliphatic heterocycles. The number of nitrogens with one attached hydrogen (secondary N) is 1. The number of nitrogens with zero attached hydrogens (tertiary/aromatic N) is 3. The molecule has 3 atom stereocenters. The van der Waals surface area contributed by atoms with Crippen LogP contribution in [0.25, 0.3) is 0 Å². The molecular formula is C21H28N4O2. The summed E-state index contributed by atoms with van der Waals surface area (Å²) in [4.78, 5) is 15.7. The molecule has 27 heavy (non-hydrogen) atoms. The molecule has 2 aliphatic rings. The highest BCUT2D eigenvalue weighted by Gasteiger charge is 2.47. The lowest BCUT2D eigenvalue weighted by Gasteiger charge is -2.29. The van der Waals surface area contributed by atoms with E-state index in [-0.39, 0.29) is 11.9 Å². The molecule has 1 N–H and O–H groups in total. The fraction of sp³-hybridized carbons (Fsp3) is 0.524. The molecule has 0 aliphatic carbocycles. The zero-order chi connectivity index (χ0) is 19.1. The van der Waals surface area contributed by atoms with E-state index in [0.717, 1.165) is 48.9 Å². The van der Waals surface area contributed by atoms with E-state index in [2.05, 4.69) is 34.4 Å². The van der Waals surface area contributed by atoms with Crippen molar-refractivity contribution in [2.45, 2.75) is 33.4 Å². The molecule has 1 aromatic carbocycles. The Labute approximate surface area is 160 Å². The highest BCUT2D eigenvalue weighted by Crippen LogP contribution is 2.43. The van der Waals surface area contributed by atoms with E-state index in [4.69, 9.17) is 4.74 Å². The predicted octanol–water partition coefficient (Wildman–Crippen LogP) is 2.56. The summed E-state index contributed by atoms with van der Waals surface area (Å²) in [6.45, 7) is 9.50. The Kier molecular flexibility index (Phi) is 4.68. The Bertz CT molecular complexity index is 843. The maximum Gasteiger partial charge on any atom is 0.258 e. The summed E-state index contributed by atoms with van der Waals surface area (Å²) in [5, 5.41) is 8.06. The molecule has 0 spiro atoms. The van der Waals surface area contributed by atoms with Crippen LogP contribution in [0.15, 0.2) is 24.3 Å². The van der Waals surface area contributed by atoms with E-state index >= 15 is 0 Å². The van der Waals surface area contributed by atoms with Crippen LogP contribution in [0, 0.1) is 25.7 Å². The van der Waals surface area contributed by atoms with Gasteiger partial charge in [-0.05, 0) is 44.4 Å². The number of benzene rings is 1. The van der Waals surface area contributed by atoms with Crippen LogP contribution in [-0.4, -0.2) is 47.3 Å². The number of rotatable bonds is 4. The van der Waals surface area contributed by atoms with Gasteiger partial charge in [-0.25, -0.2) is 0 Å². The molecule has 0 bridgehead atoms. The van der Waals surface area contributed by atoms with Crippen molar-refractivity contribution in [1.82, 2.24) is 20.0 Å². The van der Waals surface area contributed by atoms with Crippen LogP contribution in [0.2, 0.25) is 0 Å². The fourth-order valence-corrected chi connectivity index (χ4v) is 4.82. The zero-order valence-corrected chi connectivity index (χ0v) is 16.5. The normalized spacial score (nSPS) is 24.3. The number of ether oxygens (including phenoxy) is 1. The molecule has 3 heterocycles. The van der Waals surface area contributed by atoms with Crippen molar-refractivity contribution in [3.63, 3.8) is 0 Å². The second kappa shape index (κ2) is 7.00. The van der Waals surface area contributed by atoms with Crippen molar-refractivity contribution in [2.75, 3.05) is 26.7 Å². The van der Waals surface area contributed by atoms with Crippen molar-refractivity contribution in [3.8, 4) is 5.75 Å². The molecule has 4 rings (SSSR count). The van der Waals surface area contributed by atoms with Crippen molar-refractivity contribution in [3.05, 3.63) is 46.8 Å². The quantitative estimate of drug-likeness (QED) is 0.901. The van der Waals surface area contributed by atoms with Gasteiger partial charge < -0.3 is 15.0 Å². The molecule has 2 saturated heterocycles. The van der Waals surface area contributed by atoms with Gasteiger partial charge in [-0.15, -0.1) is 0 Å². The lowest BCUT2D eigenvalue weighted by Crippen LogP contribution is -2.35. The number of hydrogen-bond acceptors (Lipinski definition) is 4. The van der Waals surface area contributed by atoms with Crippen LogP contribution in [-0.2, 0) is 6.54 Å². The molecular weight excluding hydrogens is 340 g/mol. The van der Waals surface area contributed by atoms with E-state index in [1.54, 1.807) is 7.11 Å². The number of aromatic nitrogens is 2. The summed E-state index contributed by atoms with van der Waals surface area (Å²) in [7, 11) is 1.67. The van der Waals surface area contributed by atoms with Crippen molar-refractivity contribution in [1.29, 1.82) is 0 Å². The maximum atomic E-state index is 13.6. The van der Waals surface area contributed by atoms with E-state index in [1.165, 1.54) is 5.56 Å². The van der Waals surface area contributed by atoms with Gasteiger partial charge in [-0.3, -0.25) is 9.48 Å². The molecule has 2 fully saturated rings. The smallest absolute Gasteiger partial charge is 0.258 e. The molecule has 2 aromatic rings. The Hall–Kier alpha value is -2.34. The Morgan fingerprint density at radius 1 is 1.26 bits per heavy atom. The van der Waals surface area contributed by atoms with Crippen molar-refractivity contribution in [2.24, 2.45) is 11.8 Å². The summed E-state index contributed by atoms with van der Waals surface area (Å²) in [5.41, 5.74) is 3.73. The van der Waals surface area contributed by atoms with Crippen molar-refractivity contribution >= 4 is 5.91 Å². The number of likely N-dealkylation sites (tertiary alicyclic amines) is 1. The third-order valence-corrected chi connectivity index (χ3v) is 6.18. The third kappa shape index (κ3) is 2.92. The molecule has 6 nitrogen and oxygen atoms in total. The monoisotopic (exact) mass is 368 g/mol. The van der Waals surface area contributed by atoms with Crippen LogP contribution in [0.5, 0.6) is 5.75 Å². The first-order chi connectivity index (χ1) is 13.0. The average molecular weight is 368 g/mol. The second-order valence-corrected chi connectivity index (χ2v) is 7.62. The number of amides is 1. The van der Waals surface area contributed by atoms with E-state index < -0.39 is 0 Å². The summed E-state index contributed by atoms with van der Waals surface area (Å²) in [5.74, 6) is 1.90. The zero-order valence-electron chi connectivity index (χ0n) is 16.5.